The predicted octanol–water partition coefficient (Wildman–Crippen LogP) is 3.42. The van der Waals surface area contributed by atoms with Crippen LogP contribution < -0.4 is 16.4 Å². The van der Waals surface area contributed by atoms with Gasteiger partial charge in [0.05, 0.1) is 0 Å². The Hall–Kier alpha value is -2.30. The molecule has 1 fully saturated rings. The van der Waals surface area contributed by atoms with Gasteiger partial charge in [-0.05, 0) is 18.4 Å². The predicted molar refractivity (Wildman–Crippen MR) is 90.7 cm³/mol. The van der Waals surface area contributed by atoms with Crippen molar-refractivity contribution in [2.75, 3.05) is 16.4 Å². The van der Waals surface area contributed by atoms with E-state index in [1.165, 1.54) is 37.7 Å². The maximum Gasteiger partial charge on any atom is 0.155 e. The van der Waals surface area contributed by atoms with Gasteiger partial charge < -0.3 is 16.4 Å². The Bertz CT molecular complexity index is 593. The Balaban J connectivity index is 1.66. The fourth-order valence-electron chi connectivity index (χ4n) is 2.87. The van der Waals surface area contributed by atoms with E-state index in [4.69, 9.17) is 5.73 Å². The van der Waals surface area contributed by atoms with Gasteiger partial charge in [-0.2, -0.15) is 0 Å². The molecule has 1 aliphatic carbocycles. The Labute approximate surface area is 131 Å². The van der Waals surface area contributed by atoms with Gasteiger partial charge in [0.15, 0.2) is 11.6 Å². The molecule has 2 aromatic rings. The highest BCUT2D eigenvalue weighted by Gasteiger charge is 2.16. The summed E-state index contributed by atoms with van der Waals surface area (Å²) in [6.07, 6.45) is 7.84. The van der Waals surface area contributed by atoms with E-state index in [9.17, 15) is 0 Å². The first kappa shape index (κ1) is 14.6. The van der Waals surface area contributed by atoms with Crippen LogP contribution in [-0.4, -0.2) is 16.0 Å². The maximum atomic E-state index is 6.21. The van der Waals surface area contributed by atoms with Crippen molar-refractivity contribution in [3.8, 4) is 0 Å². The second-order valence-corrected chi connectivity index (χ2v) is 5.80. The van der Waals surface area contributed by atoms with E-state index >= 15 is 0 Å². The van der Waals surface area contributed by atoms with Crippen LogP contribution in [-0.2, 0) is 6.54 Å². The van der Waals surface area contributed by atoms with Crippen LogP contribution >= 0.6 is 0 Å². The molecule has 1 aromatic heterocycles. The van der Waals surface area contributed by atoms with Crippen LogP contribution in [0.25, 0.3) is 0 Å². The highest BCUT2D eigenvalue weighted by molar-refractivity contribution is 5.74. The van der Waals surface area contributed by atoms with E-state index < -0.39 is 0 Å². The average molecular weight is 297 g/mol. The van der Waals surface area contributed by atoms with Crippen molar-refractivity contribution in [3.05, 3.63) is 42.2 Å². The minimum Gasteiger partial charge on any atom is -0.393 e. The second-order valence-electron chi connectivity index (χ2n) is 5.80. The number of nitrogens with two attached hydrogens (primary N) is 1. The number of nitrogens with zero attached hydrogens (tertiary/aromatic N) is 2. The molecule has 0 saturated heterocycles. The number of hydrogen-bond acceptors (Lipinski definition) is 5. The van der Waals surface area contributed by atoms with Crippen LogP contribution in [0.1, 0.15) is 37.7 Å². The third-order valence-electron chi connectivity index (χ3n) is 4.13. The summed E-state index contributed by atoms with van der Waals surface area (Å²) in [5.41, 5.74) is 8.01. The molecule has 0 atom stereocenters. The minimum atomic E-state index is 0.480. The molecule has 0 spiro atoms. The number of hydrogen-bond donors (Lipinski definition) is 3. The molecule has 1 aliphatic rings. The summed E-state index contributed by atoms with van der Waals surface area (Å²) in [5, 5.41) is 6.76. The lowest BCUT2D eigenvalue weighted by molar-refractivity contribution is 0.462. The van der Waals surface area contributed by atoms with Gasteiger partial charge in [0.25, 0.3) is 0 Å². The molecule has 116 valence electrons. The first-order valence-electron chi connectivity index (χ1n) is 7.98. The van der Waals surface area contributed by atoms with Crippen LogP contribution in [0.5, 0.6) is 0 Å². The molecule has 0 radical (unpaired) electrons. The Morgan fingerprint density at radius 3 is 2.50 bits per heavy atom. The summed E-state index contributed by atoms with van der Waals surface area (Å²) in [4.78, 5) is 8.56. The fraction of sp³-hybridized carbons (Fsp3) is 0.412. The lowest BCUT2D eigenvalue weighted by Gasteiger charge is -2.24. The van der Waals surface area contributed by atoms with Crippen molar-refractivity contribution in [1.82, 2.24) is 9.97 Å². The van der Waals surface area contributed by atoms with E-state index in [0.29, 0.717) is 24.1 Å². The molecule has 1 saturated carbocycles. The summed E-state index contributed by atoms with van der Waals surface area (Å²) in [7, 11) is 0. The van der Waals surface area contributed by atoms with E-state index in [0.717, 1.165) is 5.82 Å². The third-order valence-corrected chi connectivity index (χ3v) is 4.13. The molecule has 5 nitrogen and oxygen atoms in total. The number of nitrogens with one attached hydrogen (secondary N) is 2. The minimum absolute atomic E-state index is 0.480. The lowest BCUT2D eigenvalue weighted by Crippen LogP contribution is -2.23. The SMILES string of the molecule is Nc1c(NCc2ccccc2)ncnc1NC1CCCCC1. The number of aromatic nitrogens is 2. The number of nitrogen functional groups attached to an aromatic ring is 1. The lowest BCUT2D eigenvalue weighted by atomic mass is 9.95. The molecule has 0 bridgehead atoms. The van der Waals surface area contributed by atoms with Gasteiger partial charge in [-0.1, -0.05) is 49.6 Å². The summed E-state index contributed by atoms with van der Waals surface area (Å²) >= 11 is 0. The first-order valence-corrected chi connectivity index (χ1v) is 7.98. The van der Waals surface area contributed by atoms with E-state index in [-0.39, 0.29) is 0 Å². The molecule has 1 heterocycles. The van der Waals surface area contributed by atoms with Gasteiger partial charge >= 0.3 is 0 Å². The van der Waals surface area contributed by atoms with Crippen molar-refractivity contribution in [1.29, 1.82) is 0 Å². The summed E-state index contributed by atoms with van der Waals surface area (Å²) in [6.45, 7) is 0.699. The average Bonchev–Trinajstić information content (AvgIpc) is 2.58. The van der Waals surface area contributed by atoms with Gasteiger partial charge in [-0.15, -0.1) is 0 Å². The van der Waals surface area contributed by atoms with Crippen LogP contribution in [0.15, 0.2) is 36.7 Å². The van der Waals surface area contributed by atoms with Crippen molar-refractivity contribution in [3.63, 3.8) is 0 Å². The zero-order valence-corrected chi connectivity index (χ0v) is 12.8. The molecule has 0 unspecified atom stereocenters. The number of anilines is 3. The van der Waals surface area contributed by atoms with Crippen LogP contribution in [0.3, 0.4) is 0 Å². The van der Waals surface area contributed by atoms with Crippen LogP contribution in [0.2, 0.25) is 0 Å². The summed E-state index contributed by atoms with van der Waals surface area (Å²) in [6, 6.07) is 10.7. The van der Waals surface area contributed by atoms with Gasteiger partial charge in [-0.25, -0.2) is 9.97 Å². The third kappa shape index (κ3) is 3.67. The van der Waals surface area contributed by atoms with Crippen molar-refractivity contribution >= 4 is 17.3 Å². The molecule has 3 rings (SSSR count). The molecule has 22 heavy (non-hydrogen) atoms. The number of rotatable bonds is 5. The quantitative estimate of drug-likeness (QED) is 0.788. The molecule has 5 heteroatoms. The maximum absolute atomic E-state index is 6.21. The first-order chi connectivity index (χ1) is 10.8. The summed E-state index contributed by atoms with van der Waals surface area (Å²) < 4.78 is 0. The topological polar surface area (TPSA) is 75.9 Å². The fourth-order valence-corrected chi connectivity index (χ4v) is 2.87. The second kappa shape index (κ2) is 7.11. The zero-order chi connectivity index (χ0) is 15.2. The normalized spacial score (nSPS) is 15.5. The van der Waals surface area contributed by atoms with Crippen molar-refractivity contribution < 1.29 is 0 Å². The molecule has 4 N–H and O–H groups in total. The Kier molecular flexibility index (Phi) is 4.73. The van der Waals surface area contributed by atoms with Gasteiger partial charge in [0, 0.05) is 12.6 Å². The molecule has 0 amide bonds. The molecule has 0 aliphatic heterocycles. The van der Waals surface area contributed by atoms with Crippen LogP contribution in [0, 0.1) is 0 Å². The number of benzene rings is 1. The molecule has 1 aromatic carbocycles. The zero-order valence-electron chi connectivity index (χ0n) is 12.8. The standard InChI is InChI=1S/C17H23N5/c18-15-16(19-11-13-7-3-1-4-8-13)20-12-21-17(15)22-14-9-5-2-6-10-14/h1,3-4,7-8,12,14H,2,5-6,9-11,18H2,(H2,19,20,21,22). The van der Waals surface area contributed by atoms with E-state index in [1.807, 2.05) is 18.2 Å². The monoisotopic (exact) mass is 297 g/mol. The highest BCUT2D eigenvalue weighted by atomic mass is 15.1. The largest absolute Gasteiger partial charge is 0.393 e. The highest BCUT2D eigenvalue weighted by Crippen LogP contribution is 2.27. The Morgan fingerprint density at radius 2 is 1.73 bits per heavy atom. The Morgan fingerprint density at radius 1 is 1.00 bits per heavy atom. The van der Waals surface area contributed by atoms with Crippen LogP contribution in [0.4, 0.5) is 17.3 Å². The van der Waals surface area contributed by atoms with Crippen molar-refractivity contribution in [2.45, 2.75) is 44.7 Å². The van der Waals surface area contributed by atoms with Crippen molar-refractivity contribution in [2.24, 2.45) is 0 Å². The molecular formula is C17H23N5. The van der Waals surface area contributed by atoms with Gasteiger partial charge in [0.2, 0.25) is 0 Å². The summed E-state index contributed by atoms with van der Waals surface area (Å²) in [5.74, 6) is 1.44. The van der Waals surface area contributed by atoms with E-state index in [1.54, 1.807) is 6.33 Å². The van der Waals surface area contributed by atoms with Gasteiger partial charge in [0.1, 0.15) is 12.0 Å². The smallest absolute Gasteiger partial charge is 0.155 e. The molecular weight excluding hydrogens is 274 g/mol. The van der Waals surface area contributed by atoms with Gasteiger partial charge in [-0.3, -0.25) is 0 Å². The van der Waals surface area contributed by atoms with E-state index in [2.05, 4.69) is 32.7 Å².